The topological polar surface area (TPSA) is 32.3 Å². The molecule has 0 saturated carbocycles. The quantitative estimate of drug-likeness (QED) is 0.483. The summed E-state index contributed by atoms with van der Waals surface area (Å²) in [7, 11) is 0. The van der Waals surface area contributed by atoms with E-state index in [-0.39, 0.29) is 11.2 Å². The molecule has 1 aliphatic rings. The number of hydrogen-bond acceptors (Lipinski definition) is 4. The SMILES string of the molecule is C=C(O)c1c(-c2ccc(C)cc2CNS)sc2c1CC(C)(C)CC2. The van der Waals surface area contributed by atoms with Gasteiger partial charge in [0.1, 0.15) is 5.76 Å². The second-order valence-electron chi connectivity index (χ2n) is 7.49. The van der Waals surface area contributed by atoms with Crippen molar-refractivity contribution in [1.82, 2.24) is 4.72 Å². The van der Waals surface area contributed by atoms with Crippen LogP contribution in [0.4, 0.5) is 0 Å². The summed E-state index contributed by atoms with van der Waals surface area (Å²) in [4.78, 5) is 2.55. The minimum absolute atomic E-state index is 0.186. The number of fused-ring (bicyclic) bond motifs is 1. The Morgan fingerprint density at radius 2 is 2.17 bits per heavy atom. The number of nitrogens with one attached hydrogen (secondary N) is 1. The van der Waals surface area contributed by atoms with Crippen LogP contribution in [0, 0.1) is 12.3 Å². The molecule has 0 aliphatic heterocycles. The largest absolute Gasteiger partial charge is 0.508 e. The van der Waals surface area contributed by atoms with Crippen molar-refractivity contribution in [3.05, 3.63) is 51.9 Å². The van der Waals surface area contributed by atoms with E-state index < -0.39 is 0 Å². The molecule has 0 fully saturated rings. The van der Waals surface area contributed by atoms with Crippen LogP contribution < -0.4 is 4.72 Å². The first-order chi connectivity index (χ1) is 11.3. The lowest BCUT2D eigenvalue weighted by molar-refractivity contribution is 0.317. The van der Waals surface area contributed by atoms with Crippen LogP contribution in [-0.4, -0.2) is 5.11 Å². The van der Waals surface area contributed by atoms with E-state index in [9.17, 15) is 5.11 Å². The monoisotopic (exact) mass is 359 g/mol. The molecule has 0 spiro atoms. The fourth-order valence-electron chi connectivity index (χ4n) is 3.59. The lowest BCUT2D eigenvalue weighted by Crippen LogP contribution is -2.21. The Bertz CT molecular complexity index is 789. The fourth-order valence-corrected chi connectivity index (χ4v) is 5.16. The molecule has 1 aliphatic carbocycles. The molecule has 3 rings (SSSR count). The van der Waals surface area contributed by atoms with Gasteiger partial charge in [-0.2, -0.15) is 0 Å². The Balaban J connectivity index is 2.20. The Labute approximate surface area is 154 Å². The highest BCUT2D eigenvalue weighted by Crippen LogP contribution is 2.47. The number of aryl methyl sites for hydroxylation is 2. The van der Waals surface area contributed by atoms with Gasteiger partial charge in [0.05, 0.1) is 0 Å². The molecule has 0 bridgehead atoms. The van der Waals surface area contributed by atoms with Gasteiger partial charge in [-0.3, -0.25) is 4.72 Å². The fraction of sp³-hybridized carbons (Fsp3) is 0.400. The van der Waals surface area contributed by atoms with Crippen molar-refractivity contribution in [3.63, 3.8) is 0 Å². The smallest absolute Gasteiger partial charge is 0.117 e. The number of aliphatic hydroxyl groups is 1. The number of thiol groups is 1. The maximum atomic E-state index is 10.3. The normalized spacial score (nSPS) is 16.0. The first-order valence-corrected chi connectivity index (χ1v) is 9.58. The van der Waals surface area contributed by atoms with Crippen molar-refractivity contribution in [2.75, 3.05) is 0 Å². The zero-order valence-corrected chi connectivity index (χ0v) is 16.3. The molecular formula is C20H25NOS2. The van der Waals surface area contributed by atoms with Gasteiger partial charge in [-0.1, -0.05) is 57.0 Å². The lowest BCUT2D eigenvalue weighted by atomic mass is 9.75. The molecule has 128 valence electrons. The third-order valence-corrected chi connectivity index (χ3v) is 6.32. The van der Waals surface area contributed by atoms with Crippen molar-refractivity contribution < 1.29 is 5.11 Å². The van der Waals surface area contributed by atoms with Crippen LogP contribution in [0.5, 0.6) is 0 Å². The number of aliphatic hydroxyl groups excluding tert-OH is 1. The van der Waals surface area contributed by atoms with Crippen molar-refractivity contribution in [2.24, 2.45) is 5.41 Å². The number of thiophene rings is 1. The predicted molar refractivity (Wildman–Crippen MR) is 108 cm³/mol. The second kappa shape index (κ2) is 6.58. The molecule has 2 aromatic rings. The number of benzene rings is 1. The van der Waals surface area contributed by atoms with Gasteiger partial charge in [0, 0.05) is 21.9 Å². The van der Waals surface area contributed by atoms with Crippen LogP contribution in [0.25, 0.3) is 16.2 Å². The van der Waals surface area contributed by atoms with Gasteiger partial charge in [0.25, 0.3) is 0 Å². The van der Waals surface area contributed by atoms with Crippen molar-refractivity contribution >= 4 is 29.9 Å². The van der Waals surface area contributed by atoms with Crippen molar-refractivity contribution in [1.29, 1.82) is 0 Å². The average molecular weight is 360 g/mol. The first kappa shape index (κ1) is 17.6. The van der Waals surface area contributed by atoms with Crippen LogP contribution in [0.3, 0.4) is 0 Å². The van der Waals surface area contributed by atoms with Crippen molar-refractivity contribution in [3.8, 4) is 10.4 Å². The van der Waals surface area contributed by atoms with Gasteiger partial charge in [-0.05, 0) is 48.3 Å². The molecule has 1 heterocycles. The minimum atomic E-state index is 0.186. The minimum Gasteiger partial charge on any atom is -0.508 e. The molecule has 0 radical (unpaired) electrons. The molecule has 0 atom stereocenters. The molecule has 1 aromatic carbocycles. The van der Waals surface area contributed by atoms with E-state index in [1.54, 1.807) is 0 Å². The Morgan fingerprint density at radius 3 is 2.83 bits per heavy atom. The highest BCUT2D eigenvalue weighted by Gasteiger charge is 2.31. The molecule has 0 saturated heterocycles. The van der Waals surface area contributed by atoms with Crippen LogP contribution in [0.2, 0.25) is 0 Å². The molecule has 4 heteroatoms. The molecule has 0 unspecified atom stereocenters. The molecule has 0 amide bonds. The zero-order chi connectivity index (χ0) is 17.5. The highest BCUT2D eigenvalue weighted by molar-refractivity contribution is 7.78. The number of hydrogen-bond donors (Lipinski definition) is 3. The summed E-state index contributed by atoms with van der Waals surface area (Å²) in [5.41, 5.74) is 6.12. The van der Waals surface area contributed by atoms with Crippen LogP contribution in [0.15, 0.2) is 24.8 Å². The molecule has 1 aromatic heterocycles. The summed E-state index contributed by atoms with van der Waals surface area (Å²) in [6.07, 6.45) is 3.27. The van der Waals surface area contributed by atoms with E-state index in [2.05, 4.69) is 63.1 Å². The third kappa shape index (κ3) is 3.28. The van der Waals surface area contributed by atoms with Gasteiger partial charge in [0.15, 0.2) is 0 Å². The summed E-state index contributed by atoms with van der Waals surface area (Å²) in [6.45, 7) is 11.3. The predicted octanol–water partition coefficient (Wildman–Crippen LogP) is 5.70. The summed E-state index contributed by atoms with van der Waals surface area (Å²) < 4.78 is 2.96. The maximum absolute atomic E-state index is 10.3. The summed E-state index contributed by atoms with van der Waals surface area (Å²) >= 11 is 5.99. The maximum Gasteiger partial charge on any atom is 0.117 e. The van der Waals surface area contributed by atoms with Gasteiger partial charge < -0.3 is 5.11 Å². The third-order valence-electron chi connectivity index (χ3n) is 4.84. The summed E-state index contributed by atoms with van der Waals surface area (Å²) in [5, 5.41) is 10.3. The lowest BCUT2D eigenvalue weighted by Gasteiger charge is -2.30. The van der Waals surface area contributed by atoms with E-state index in [0.29, 0.717) is 6.54 Å². The molecule has 2 nitrogen and oxygen atoms in total. The Morgan fingerprint density at radius 1 is 1.42 bits per heavy atom. The first-order valence-electron chi connectivity index (χ1n) is 8.32. The van der Waals surface area contributed by atoms with Crippen molar-refractivity contribution in [2.45, 2.75) is 46.6 Å². The van der Waals surface area contributed by atoms with E-state index in [1.807, 2.05) is 11.3 Å². The summed E-state index contributed by atoms with van der Waals surface area (Å²) in [5.74, 6) is 0.186. The average Bonchev–Trinajstić information content (AvgIpc) is 2.84. The Hall–Kier alpha value is -1.23. The van der Waals surface area contributed by atoms with E-state index in [0.717, 1.165) is 23.3 Å². The van der Waals surface area contributed by atoms with Crippen LogP contribution in [0.1, 0.15) is 47.4 Å². The van der Waals surface area contributed by atoms with Gasteiger partial charge in [-0.15, -0.1) is 11.3 Å². The molecule has 24 heavy (non-hydrogen) atoms. The molecule has 2 N–H and O–H groups in total. The van der Waals surface area contributed by atoms with Gasteiger partial charge >= 0.3 is 0 Å². The zero-order valence-electron chi connectivity index (χ0n) is 14.6. The Kier molecular flexibility index (Phi) is 4.82. The van der Waals surface area contributed by atoms with Gasteiger partial charge in [-0.25, -0.2) is 0 Å². The van der Waals surface area contributed by atoms with E-state index in [1.165, 1.54) is 33.6 Å². The molecular weight excluding hydrogens is 334 g/mol. The highest BCUT2D eigenvalue weighted by atomic mass is 32.1. The van der Waals surface area contributed by atoms with Crippen LogP contribution >= 0.6 is 24.2 Å². The number of rotatable bonds is 4. The van der Waals surface area contributed by atoms with E-state index >= 15 is 0 Å². The standard InChI is InChI=1S/C20H25NOS2/c1-12-5-6-15(14(9-12)11-21-23)19-18(13(2)22)16-10-20(3,4)8-7-17(16)24-19/h5-6,9,21-23H,2,7-8,10-11H2,1,3-4H3. The summed E-state index contributed by atoms with van der Waals surface area (Å²) in [6, 6.07) is 6.47. The van der Waals surface area contributed by atoms with Gasteiger partial charge in [0.2, 0.25) is 0 Å². The second-order valence-corrected chi connectivity index (χ2v) is 8.91. The van der Waals surface area contributed by atoms with Crippen LogP contribution in [-0.2, 0) is 19.4 Å². The van der Waals surface area contributed by atoms with E-state index in [4.69, 9.17) is 0 Å².